The summed E-state index contributed by atoms with van der Waals surface area (Å²) in [7, 11) is -4.18. The molecule has 1 aliphatic heterocycles. The van der Waals surface area contributed by atoms with Gasteiger partial charge in [0.05, 0.1) is 6.20 Å². The molecule has 16 heteroatoms. The zero-order valence-corrected chi connectivity index (χ0v) is 39.0. The molecule has 6 atom stereocenters. The summed E-state index contributed by atoms with van der Waals surface area (Å²) in [5.74, 6) is -2.30. The lowest BCUT2D eigenvalue weighted by atomic mass is 9.82. The van der Waals surface area contributed by atoms with Crippen LogP contribution in [0.3, 0.4) is 0 Å². The van der Waals surface area contributed by atoms with Crippen LogP contribution in [0.2, 0.25) is 0 Å². The summed E-state index contributed by atoms with van der Waals surface area (Å²) in [6, 6.07) is 11.3. The molecule has 3 N–H and O–H groups in total. The molecule has 2 aliphatic carbocycles. The number of amides is 4. The van der Waals surface area contributed by atoms with Gasteiger partial charge in [-0.25, -0.2) is 9.55 Å². The Kier molecular flexibility index (Phi) is 14.9. The number of piperidine rings is 1. The first-order valence-corrected chi connectivity index (χ1v) is 25.3. The molecule has 3 aliphatic rings. The number of aromatic nitrogens is 2. The maximum atomic E-state index is 15.2. The minimum atomic E-state index is -4.18. The van der Waals surface area contributed by atoms with Crippen molar-refractivity contribution in [3.8, 4) is 11.5 Å². The fourth-order valence-corrected chi connectivity index (χ4v) is 11.7. The molecule has 0 unspecified atom stereocenters. The Labute approximate surface area is 369 Å². The Balaban J connectivity index is 1.28. The first kappa shape index (κ1) is 46.4. The monoisotopic (exact) mass is 892 g/mol. The highest BCUT2D eigenvalue weighted by molar-refractivity contribution is 7.98. The van der Waals surface area contributed by atoms with Gasteiger partial charge in [0.1, 0.15) is 35.3 Å². The third-order valence-corrected chi connectivity index (χ3v) is 16.0. The summed E-state index contributed by atoms with van der Waals surface area (Å²) in [5.41, 5.74) is -0.947. The normalized spacial score (nSPS) is 21.3. The summed E-state index contributed by atoms with van der Waals surface area (Å²) in [6.07, 6.45) is 13.8. The van der Waals surface area contributed by atoms with E-state index in [1.54, 1.807) is 52.7 Å². The number of benzene rings is 2. The van der Waals surface area contributed by atoms with Gasteiger partial charge in [0.2, 0.25) is 17.7 Å². The molecule has 0 bridgehead atoms. The number of carbonyl (C=O) groups is 4. The molecule has 2 heterocycles. The maximum absolute atomic E-state index is 15.2. The Morgan fingerprint density at radius 3 is 1.98 bits per heavy atom. The van der Waals surface area contributed by atoms with Crippen molar-refractivity contribution in [2.45, 2.75) is 133 Å². The molecule has 0 spiro atoms. The van der Waals surface area contributed by atoms with Crippen molar-refractivity contribution in [1.29, 1.82) is 0 Å². The van der Waals surface area contributed by atoms with Crippen molar-refractivity contribution >= 4 is 54.7 Å². The first-order valence-electron chi connectivity index (χ1n) is 21.3. The molecular formula is C45H61N6O7PS2. The topological polar surface area (TPSA) is 169 Å². The maximum Gasteiger partial charge on any atom is 0.452 e. The number of fused-ring (bicyclic) bond motifs is 1. The third kappa shape index (κ3) is 10.8. The second-order valence-electron chi connectivity index (χ2n) is 18.0. The summed E-state index contributed by atoms with van der Waals surface area (Å²) in [6.45, 7) is 11.7. The van der Waals surface area contributed by atoms with Gasteiger partial charge in [-0.05, 0) is 109 Å². The van der Waals surface area contributed by atoms with Crippen molar-refractivity contribution < 1.29 is 32.8 Å². The molecule has 3 aromatic rings. The van der Waals surface area contributed by atoms with E-state index in [-0.39, 0.29) is 41.3 Å². The van der Waals surface area contributed by atoms with E-state index in [1.165, 1.54) is 18.6 Å². The van der Waals surface area contributed by atoms with Crippen molar-refractivity contribution in [2.24, 2.45) is 22.7 Å². The van der Waals surface area contributed by atoms with Crippen LogP contribution in [-0.4, -0.2) is 81.0 Å². The summed E-state index contributed by atoms with van der Waals surface area (Å²) in [5, 5.41) is 9.05. The average Bonchev–Trinajstić information content (AvgIpc) is 3.54. The van der Waals surface area contributed by atoms with E-state index in [0.717, 1.165) is 41.9 Å². The number of hydrogen-bond donors (Lipinski definition) is 3. The number of thioether (sulfide) groups is 2. The highest BCUT2D eigenvalue weighted by Crippen LogP contribution is 2.63. The second kappa shape index (κ2) is 19.5. The van der Waals surface area contributed by atoms with Crippen LogP contribution in [0.15, 0.2) is 76.9 Å². The Hall–Kier alpha value is -4.07. The standard InChI is InChI=1S/C45H61N6O7PS2/c1-9-13-36(59(56,57-29-16-20-31(60-7)21-17-29)58-30-18-22-32(61-8)23-19-30)48-41(53)35-26-33-39(45(33,5)6)51(35)43(55)38(44(2,3)4)50-42(54)37(28-14-11-10-12-15-28)49-40(52)34-27-46-24-25-47-34/h16-25,27-28,33,35-39H,9-15,26H2,1-8H3,(H,48,53)(H,49,52)(H,50,54)/t33-,35-,36+,37-,38+,39+/m0/s1. The lowest BCUT2D eigenvalue weighted by Gasteiger charge is -2.39. The molecule has 1 aromatic heterocycles. The van der Waals surface area contributed by atoms with Crippen LogP contribution in [0.5, 0.6) is 11.5 Å². The van der Waals surface area contributed by atoms with Gasteiger partial charge in [-0.15, -0.1) is 23.5 Å². The van der Waals surface area contributed by atoms with Crippen LogP contribution in [0.1, 0.15) is 103 Å². The quantitative estimate of drug-likeness (QED) is 0.0880. The van der Waals surface area contributed by atoms with Crippen LogP contribution >= 0.6 is 31.1 Å². The van der Waals surface area contributed by atoms with Crippen LogP contribution in [0.4, 0.5) is 0 Å². The van der Waals surface area contributed by atoms with Gasteiger partial charge in [-0.1, -0.05) is 67.2 Å². The second-order valence-corrected chi connectivity index (χ2v) is 21.8. The van der Waals surface area contributed by atoms with Gasteiger partial charge < -0.3 is 29.9 Å². The SMILES string of the molecule is CCC[C@H](NC(=O)[C@@H]1C[C@H]2[C@@H](N1C(=O)[C@@H](NC(=O)[C@@H](NC(=O)c1cnccn1)C1CCCCC1)C(C)(C)C)C2(C)C)P(=O)(Oc1ccc(SC)cc1)Oc1ccc(SC)cc1. The molecule has 13 nitrogen and oxygen atoms in total. The predicted molar refractivity (Wildman–Crippen MR) is 240 cm³/mol. The molecule has 4 amide bonds. The molecule has 0 radical (unpaired) electrons. The van der Waals surface area contributed by atoms with Crippen molar-refractivity contribution in [3.05, 3.63) is 72.8 Å². The number of rotatable bonds is 17. The largest absolute Gasteiger partial charge is 0.452 e. The van der Waals surface area contributed by atoms with Crippen LogP contribution in [0, 0.1) is 22.7 Å². The summed E-state index contributed by atoms with van der Waals surface area (Å²) < 4.78 is 27.7. The lowest BCUT2D eigenvalue weighted by molar-refractivity contribution is -0.146. The number of nitrogens with one attached hydrogen (secondary N) is 3. The number of hydrogen-bond acceptors (Lipinski definition) is 11. The molecule has 2 aromatic carbocycles. The molecule has 330 valence electrons. The van der Waals surface area contributed by atoms with E-state index in [9.17, 15) is 14.4 Å². The highest BCUT2D eigenvalue weighted by atomic mass is 32.2. The number of nitrogens with zero attached hydrogens (tertiary/aromatic N) is 3. The summed E-state index contributed by atoms with van der Waals surface area (Å²) in [4.78, 5) is 69.5. The fourth-order valence-electron chi connectivity index (χ4n) is 8.85. The van der Waals surface area contributed by atoms with E-state index < -0.39 is 54.6 Å². The number of likely N-dealkylation sites (tertiary alicyclic amines) is 1. The molecule has 1 saturated heterocycles. The predicted octanol–water partition coefficient (Wildman–Crippen LogP) is 8.35. The van der Waals surface area contributed by atoms with E-state index >= 15 is 9.36 Å². The Morgan fingerprint density at radius 1 is 0.885 bits per heavy atom. The average molecular weight is 893 g/mol. The van der Waals surface area contributed by atoms with Gasteiger partial charge in [0, 0.05) is 28.2 Å². The fraction of sp³-hybridized carbons (Fsp3) is 0.556. The Bertz CT molecular complexity index is 2010. The molecule has 6 rings (SSSR count). The van der Waals surface area contributed by atoms with Crippen molar-refractivity contribution in [1.82, 2.24) is 30.8 Å². The smallest absolute Gasteiger partial charge is 0.415 e. The van der Waals surface area contributed by atoms with E-state index in [1.807, 2.05) is 64.5 Å². The van der Waals surface area contributed by atoms with Crippen LogP contribution in [-0.2, 0) is 18.9 Å². The highest BCUT2D eigenvalue weighted by Gasteiger charge is 2.69. The van der Waals surface area contributed by atoms with Gasteiger partial charge >= 0.3 is 7.60 Å². The van der Waals surface area contributed by atoms with E-state index in [0.29, 0.717) is 24.3 Å². The molecular weight excluding hydrogens is 832 g/mol. The van der Waals surface area contributed by atoms with E-state index in [4.69, 9.17) is 9.05 Å². The van der Waals surface area contributed by atoms with Gasteiger partial charge in [0.15, 0.2) is 5.78 Å². The van der Waals surface area contributed by atoms with Crippen LogP contribution < -0.4 is 25.0 Å². The lowest BCUT2D eigenvalue weighted by Crippen LogP contribution is -2.62. The molecule has 61 heavy (non-hydrogen) atoms. The van der Waals surface area contributed by atoms with E-state index in [2.05, 4.69) is 39.8 Å². The zero-order valence-electron chi connectivity index (χ0n) is 36.5. The summed E-state index contributed by atoms with van der Waals surface area (Å²) >= 11 is 3.14. The third-order valence-electron chi connectivity index (χ3n) is 12.4. The zero-order chi connectivity index (χ0) is 44.1. The minimum Gasteiger partial charge on any atom is -0.415 e. The minimum absolute atomic E-state index is 0.0404. The van der Waals surface area contributed by atoms with Gasteiger partial charge in [-0.2, -0.15) is 0 Å². The number of carbonyl (C=O) groups excluding carboxylic acids is 4. The van der Waals surface area contributed by atoms with Crippen LogP contribution in [0.25, 0.3) is 0 Å². The van der Waals surface area contributed by atoms with Gasteiger partial charge in [-0.3, -0.25) is 24.2 Å². The van der Waals surface area contributed by atoms with Crippen molar-refractivity contribution in [2.75, 3.05) is 12.5 Å². The van der Waals surface area contributed by atoms with Crippen molar-refractivity contribution in [3.63, 3.8) is 0 Å². The van der Waals surface area contributed by atoms with Gasteiger partial charge in [0.25, 0.3) is 5.91 Å². The molecule has 2 saturated carbocycles. The first-order chi connectivity index (χ1) is 29.0. The Morgan fingerprint density at radius 2 is 1.48 bits per heavy atom. The molecule has 3 fully saturated rings.